The van der Waals surface area contributed by atoms with E-state index >= 15 is 0 Å². The number of benzene rings is 2. The van der Waals surface area contributed by atoms with E-state index in [4.69, 9.17) is 21.1 Å². The van der Waals surface area contributed by atoms with Crippen molar-refractivity contribution >= 4 is 23.4 Å². The van der Waals surface area contributed by atoms with Gasteiger partial charge in [0.15, 0.2) is 11.5 Å². The standard InChI is InChI=1S/C21H23ClO6S/c22-14-3-2-12(21-20(26)19(25)18(24)17(10-23)29-21)9-13(14)7-11-1-4-15-16(8-11)28-6-5-27-15/h1-4,8-9,17-21,23-26H,5-7,10H2. The molecule has 0 spiro atoms. The minimum Gasteiger partial charge on any atom is -0.486 e. The molecule has 1 fully saturated rings. The minimum absolute atomic E-state index is 0.288. The van der Waals surface area contributed by atoms with Gasteiger partial charge in [0.2, 0.25) is 0 Å². The lowest BCUT2D eigenvalue weighted by molar-refractivity contribution is -0.0700. The monoisotopic (exact) mass is 438 g/mol. The highest BCUT2D eigenvalue weighted by Gasteiger charge is 2.43. The average Bonchev–Trinajstić information content (AvgIpc) is 2.74. The lowest BCUT2D eigenvalue weighted by atomic mass is 9.95. The topological polar surface area (TPSA) is 99.4 Å². The Morgan fingerprint density at radius 1 is 0.931 bits per heavy atom. The van der Waals surface area contributed by atoms with E-state index in [0.29, 0.717) is 30.4 Å². The molecular formula is C21H23ClO6S. The molecule has 4 rings (SSSR count). The molecule has 5 atom stereocenters. The summed E-state index contributed by atoms with van der Waals surface area (Å²) >= 11 is 7.67. The first-order valence-electron chi connectivity index (χ1n) is 9.45. The van der Waals surface area contributed by atoms with Crippen molar-refractivity contribution in [1.29, 1.82) is 0 Å². The van der Waals surface area contributed by atoms with Gasteiger partial charge in [0.25, 0.3) is 0 Å². The number of rotatable bonds is 4. The SMILES string of the molecule is OCC1SC(c2ccc(Cl)c(Cc3ccc4c(c3)OCCO4)c2)C(O)C(O)C1O. The summed E-state index contributed by atoms with van der Waals surface area (Å²) in [5, 5.41) is 39.7. The highest BCUT2D eigenvalue weighted by molar-refractivity contribution is 8.00. The molecule has 0 radical (unpaired) electrons. The van der Waals surface area contributed by atoms with Gasteiger partial charge in [-0.3, -0.25) is 0 Å². The van der Waals surface area contributed by atoms with Crippen LogP contribution in [0.1, 0.15) is 21.9 Å². The first-order chi connectivity index (χ1) is 14.0. The molecular weight excluding hydrogens is 416 g/mol. The molecule has 6 nitrogen and oxygen atoms in total. The lowest BCUT2D eigenvalue weighted by Gasteiger charge is -2.39. The Morgan fingerprint density at radius 2 is 1.69 bits per heavy atom. The molecule has 29 heavy (non-hydrogen) atoms. The van der Waals surface area contributed by atoms with E-state index in [1.54, 1.807) is 12.1 Å². The molecule has 4 N–H and O–H groups in total. The third-order valence-electron chi connectivity index (χ3n) is 5.29. The first kappa shape index (κ1) is 20.8. The van der Waals surface area contributed by atoms with Crippen LogP contribution < -0.4 is 9.47 Å². The van der Waals surface area contributed by atoms with Crippen molar-refractivity contribution < 1.29 is 29.9 Å². The highest BCUT2D eigenvalue weighted by atomic mass is 35.5. The molecule has 0 amide bonds. The fraction of sp³-hybridized carbons (Fsp3) is 0.429. The van der Waals surface area contributed by atoms with E-state index in [9.17, 15) is 20.4 Å². The van der Waals surface area contributed by atoms with Gasteiger partial charge in [0.05, 0.1) is 29.3 Å². The largest absolute Gasteiger partial charge is 0.486 e. The quantitative estimate of drug-likeness (QED) is 0.579. The van der Waals surface area contributed by atoms with Crippen LogP contribution in [0.3, 0.4) is 0 Å². The molecule has 8 heteroatoms. The number of halogens is 1. The Labute approximate surface area is 178 Å². The molecule has 1 saturated heterocycles. The number of aliphatic hydroxyl groups excluding tert-OH is 4. The molecule has 0 aliphatic carbocycles. The average molecular weight is 439 g/mol. The normalized spacial score (nSPS) is 28.9. The van der Waals surface area contributed by atoms with E-state index in [1.165, 1.54) is 11.8 Å². The number of thioether (sulfide) groups is 1. The lowest BCUT2D eigenvalue weighted by Crippen LogP contribution is -2.51. The van der Waals surface area contributed by atoms with Crippen LogP contribution >= 0.6 is 23.4 Å². The number of hydrogen-bond acceptors (Lipinski definition) is 7. The molecule has 2 aromatic rings. The number of ether oxygens (including phenoxy) is 2. The van der Waals surface area contributed by atoms with E-state index < -0.39 is 28.8 Å². The van der Waals surface area contributed by atoms with E-state index in [2.05, 4.69) is 0 Å². The van der Waals surface area contributed by atoms with Gasteiger partial charge in [-0.25, -0.2) is 0 Å². The molecule has 2 aromatic carbocycles. The van der Waals surface area contributed by atoms with Crippen molar-refractivity contribution in [2.75, 3.05) is 19.8 Å². The predicted octanol–water partition coefficient (Wildman–Crippen LogP) is 1.93. The zero-order chi connectivity index (χ0) is 20.5. The van der Waals surface area contributed by atoms with Crippen molar-refractivity contribution in [1.82, 2.24) is 0 Å². The molecule has 0 bridgehead atoms. The van der Waals surface area contributed by atoms with Crippen LogP contribution in [-0.4, -0.2) is 63.8 Å². The molecule has 2 heterocycles. The van der Waals surface area contributed by atoms with Crippen molar-refractivity contribution in [3.05, 3.63) is 58.1 Å². The van der Waals surface area contributed by atoms with Crippen LogP contribution in [-0.2, 0) is 6.42 Å². The van der Waals surface area contributed by atoms with Crippen LogP contribution in [0.25, 0.3) is 0 Å². The number of hydrogen-bond donors (Lipinski definition) is 4. The Balaban J connectivity index is 1.59. The molecule has 0 saturated carbocycles. The summed E-state index contributed by atoms with van der Waals surface area (Å²) in [7, 11) is 0. The Kier molecular flexibility index (Phi) is 6.24. The van der Waals surface area contributed by atoms with Gasteiger partial charge in [-0.1, -0.05) is 29.8 Å². The maximum Gasteiger partial charge on any atom is 0.161 e. The minimum atomic E-state index is -1.32. The summed E-state index contributed by atoms with van der Waals surface area (Å²) < 4.78 is 11.2. The highest BCUT2D eigenvalue weighted by Crippen LogP contribution is 2.44. The van der Waals surface area contributed by atoms with Crippen LogP contribution in [0.4, 0.5) is 0 Å². The molecule has 2 aliphatic heterocycles. The summed E-state index contributed by atoms with van der Waals surface area (Å²) in [5.74, 6) is 1.44. The van der Waals surface area contributed by atoms with Gasteiger partial charge >= 0.3 is 0 Å². The van der Waals surface area contributed by atoms with Gasteiger partial charge in [0.1, 0.15) is 19.3 Å². The second-order valence-corrected chi connectivity index (χ2v) is 9.05. The van der Waals surface area contributed by atoms with Crippen molar-refractivity contribution in [3.63, 3.8) is 0 Å². The van der Waals surface area contributed by atoms with Gasteiger partial charge < -0.3 is 29.9 Å². The van der Waals surface area contributed by atoms with Gasteiger partial charge in [-0.15, -0.1) is 11.8 Å². The van der Waals surface area contributed by atoms with Crippen LogP contribution in [0.2, 0.25) is 5.02 Å². The zero-order valence-corrected chi connectivity index (χ0v) is 17.1. The molecule has 0 aromatic heterocycles. The second-order valence-electron chi connectivity index (χ2n) is 7.26. The van der Waals surface area contributed by atoms with Crippen LogP contribution in [0.5, 0.6) is 11.5 Å². The first-order valence-corrected chi connectivity index (χ1v) is 10.8. The predicted molar refractivity (Wildman–Crippen MR) is 111 cm³/mol. The fourth-order valence-electron chi connectivity index (χ4n) is 3.70. The third kappa shape index (κ3) is 4.21. The third-order valence-corrected chi connectivity index (χ3v) is 7.28. The molecule has 5 unspecified atom stereocenters. The maximum absolute atomic E-state index is 10.5. The van der Waals surface area contributed by atoms with Crippen molar-refractivity contribution in [3.8, 4) is 11.5 Å². The molecule has 156 valence electrons. The van der Waals surface area contributed by atoms with Crippen molar-refractivity contribution in [2.24, 2.45) is 0 Å². The van der Waals surface area contributed by atoms with Crippen molar-refractivity contribution in [2.45, 2.75) is 35.2 Å². The van der Waals surface area contributed by atoms with E-state index in [0.717, 1.165) is 22.4 Å². The van der Waals surface area contributed by atoms with Gasteiger partial charge in [-0.05, 0) is 41.3 Å². The smallest absolute Gasteiger partial charge is 0.161 e. The summed E-state index contributed by atoms with van der Waals surface area (Å²) in [4.78, 5) is 0. The zero-order valence-electron chi connectivity index (χ0n) is 15.6. The Morgan fingerprint density at radius 3 is 2.45 bits per heavy atom. The fourth-order valence-corrected chi connectivity index (χ4v) is 5.30. The summed E-state index contributed by atoms with van der Waals surface area (Å²) in [6.07, 6.45) is -3.09. The second kappa shape index (κ2) is 8.71. The summed E-state index contributed by atoms with van der Waals surface area (Å²) in [6.45, 7) is 0.768. The number of aliphatic hydroxyl groups is 4. The summed E-state index contributed by atoms with van der Waals surface area (Å²) in [6, 6.07) is 11.2. The van der Waals surface area contributed by atoms with E-state index in [1.807, 2.05) is 24.3 Å². The summed E-state index contributed by atoms with van der Waals surface area (Å²) in [5.41, 5.74) is 2.66. The Bertz CT molecular complexity index is 876. The van der Waals surface area contributed by atoms with E-state index in [-0.39, 0.29) is 6.61 Å². The van der Waals surface area contributed by atoms with Crippen LogP contribution in [0.15, 0.2) is 36.4 Å². The van der Waals surface area contributed by atoms with Gasteiger partial charge in [0, 0.05) is 5.02 Å². The number of fused-ring (bicyclic) bond motifs is 1. The maximum atomic E-state index is 10.5. The Hall–Kier alpha value is -1.48. The molecule has 2 aliphatic rings. The van der Waals surface area contributed by atoms with Gasteiger partial charge in [-0.2, -0.15) is 0 Å². The van der Waals surface area contributed by atoms with Crippen LogP contribution in [0, 0.1) is 0 Å².